The summed E-state index contributed by atoms with van der Waals surface area (Å²) in [4.78, 5) is 17.0. The van der Waals surface area contributed by atoms with Crippen LogP contribution in [0.5, 0.6) is 0 Å². The summed E-state index contributed by atoms with van der Waals surface area (Å²) in [6, 6.07) is 15.0. The molecule has 4 heteroatoms. The van der Waals surface area contributed by atoms with Crippen LogP contribution in [0.2, 0.25) is 0 Å². The molecule has 0 spiro atoms. The lowest BCUT2D eigenvalue weighted by molar-refractivity contribution is 0.104. The molecule has 0 aliphatic carbocycles. The molecule has 0 aliphatic rings. The predicted octanol–water partition coefficient (Wildman–Crippen LogP) is 4.99. The Labute approximate surface area is 133 Å². The van der Waals surface area contributed by atoms with Crippen LogP contribution in [-0.2, 0) is 0 Å². The Balaban J connectivity index is 2.17. The van der Waals surface area contributed by atoms with Crippen molar-refractivity contribution in [1.82, 2.24) is 4.98 Å². The molecule has 0 unspecified atom stereocenters. The minimum absolute atomic E-state index is 0.0312. The maximum Gasteiger partial charge on any atom is 0.195 e. The minimum Gasteiger partial charge on any atom is -0.289 e. The first-order valence-corrected chi connectivity index (χ1v) is 7.58. The van der Waals surface area contributed by atoms with Crippen LogP contribution in [0.3, 0.4) is 0 Å². The quantitative estimate of drug-likeness (QED) is 0.577. The molecule has 20 heavy (non-hydrogen) atoms. The molecule has 0 N–H and O–H groups in total. The summed E-state index contributed by atoms with van der Waals surface area (Å²) in [6.07, 6.45) is 1.70. The lowest BCUT2D eigenvalue weighted by Gasteiger charge is -2.06. The van der Waals surface area contributed by atoms with E-state index in [9.17, 15) is 4.79 Å². The molecule has 0 saturated carbocycles. The number of aromatic nitrogens is 1. The Kier molecular flexibility index (Phi) is 3.68. The zero-order chi connectivity index (χ0) is 14.1. The minimum atomic E-state index is -0.0312. The summed E-state index contributed by atoms with van der Waals surface area (Å²) in [5, 5.41) is 0.965. The summed E-state index contributed by atoms with van der Waals surface area (Å²) in [6.45, 7) is 0. The first-order chi connectivity index (χ1) is 9.65. The molecule has 1 aromatic heterocycles. The first-order valence-electron chi connectivity index (χ1n) is 6.00. The summed E-state index contributed by atoms with van der Waals surface area (Å²) in [5.74, 6) is -0.0312. The van der Waals surface area contributed by atoms with E-state index >= 15 is 0 Å². The second-order valence-electron chi connectivity index (χ2n) is 4.37. The van der Waals surface area contributed by atoms with Gasteiger partial charge in [0.2, 0.25) is 0 Å². The van der Waals surface area contributed by atoms with Gasteiger partial charge >= 0.3 is 0 Å². The third kappa shape index (κ3) is 2.53. The highest BCUT2D eigenvalue weighted by molar-refractivity contribution is 9.11. The van der Waals surface area contributed by atoms with E-state index in [4.69, 9.17) is 0 Å². The van der Waals surface area contributed by atoms with E-state index in [-0.39, 0.29) is 5.78 Å². The van der Waals surface area contributed by atoms with Crippen LogP contribution in [0, 0.1) is 0 Å². The number of hydrogen-bond acceptors (Lipinski definition) is 2. The molecule has 2 nitrogen and oxygen atoms in total. The number of carbonyl (C=O) groups is 1. The van der Waals surface area contributed by atoms with Crippen LogP contribution in [0.25, 0.3) is 10.9 Å². The van der Waals surface area contributed by atoms with E-state index in [0.29, 0.717) is 11.1 Å². The van der Waals surface area contributed by atoms with Crippen molar-refractivity contribution < 1.29 is 4.79 Å². The molecule has 1 heterocycles. The van der Waals surface area contributed by atoms with Crippen LogP contribution < -0.4 is 0 Å². The topological polar surface area (TPSA) is 30.0 Å². The molecule has 3 aromatic rings. The van der Waals surface area contributed by atoms with E-state index in [2.05, 4.69) is 36.8 Å². The normalized spacial score (nSPS) is 10.7. The van der Waals surface area contributed by atoms with Crippen molar-refractivity contribution in [2.75, 3.05) is 0 Å². The Morgan fingerprint density at radius 3 is 2.40 bits per heavy atom. The molecule has 0 radical (unpaired) electrons. The van der Waals surface area contributed by atoms with Crippen LogP contribution in [0.4, 0.5) is 0 Å². The first kappa shape index (κ1) is 13.5. The van der Waals surface area contributed by atoms with E-state index in [0.717, 1.165) is 19.8 Å². The van der Waals surface area contributed by atoms with Crippen molar-refractivity contribution in [3.63, 3.8) is 0 Å². The third-order valence-corrected chi connectivity index (χ3v) is 3.92. The number of para-hydroxylation sites is 1. The molecular formula is C16H9Br2NO. The lowest BCUT2D eigenvalue weighted by Crippen LogP contribution is -2.03. The van der Waals surface area contributed by atoms with Crippen LogP contribution in [-0.4, -0.2) is 10.8 Å². The van der Waals surface area contributed by atoms with Gasteiger partial charge in [-0.3, -0.25) is 9.78 Å². The van der Waals surface area contributed by atoms with Crippen LogP contribution in [0.15, 0.2) is 63.7 Å². The second kappa shape index (κ2) is 5.46. The Morgan fingerprint density at radius 2 is 1.65 bits per heavy atom. The van der Waals surface area contributed by atoms with Crippen molar-refractivity contribution in [1.29, 1.82) is 0 Å². The number of carbonyl (C=O) groups excluding carboxylic acids is 1. The molecule has 3 rings (SSSR count). The van der Waals surface area contributed by atoms with Gasteiger partial charge in [-0.15, -0.1) is 0 Å². The number of ketones is 1. The molecule has 0 saturated heterocycles. The van der Waals surface area contributed by atoms with E-state index in [1.807, 2.05) is 48.5 Å². The van der Waals surface area contributed by atoms with E-state index in [1.165, 1.54) is 0 Å². The van der Waals surface area contributed by atoms with E-state index < -0.39 is 0 Å². The number of hydrogen-bond donors (Lipinski definition) is 0. The summed E-state index contributed by atoms with van der Waals surface area (Å²) >= 11 is 6.81. The highest BCUT2D eigenvalue weighted by Crippen LogP contribution is 2.24. The van der Waals surface area contributed by atoms with Gasteiger partial charge in [0, 0.05) is 31.7 Å². The van der Waals surface area contributed by atoms with Gasteiger partial charge < -0.3 is 0 Å². The molecular weight excluding hydrogens is 382 g/mol. The van der Waals surface area contributed by atoms with Crippen LogP contribution in [0.1, 0.15) is 15.9 Å². The summed E-state index contributed by atoms with van der Waals surface area (Å²) in [5.41, 5.74) is 1.98. The van der Waals surface area contributed by atoms with Gasteiger partial charge in [0.25, 0.3) is 0 Å². The van der Waals surface area contributed by atoms with Gasteiger partial charge in [0.15, 0.2) is 5.78 Å². The van der Waals surface area contributed by atoms with Crippen molar-refractivity contribution in [3.05, 3.63) is 74.8 Å². The number of fused-ring (bicyclic) bond motifs is 1. The highest BCUT2D eigenvalue weighted by atomic mass is 79.9. The zero-order valence-corrected chi connectivity index (χ0v) is 13.5. The average molecular weight is 391 g/mol. The maximum absolute atomic E-state index is 12.7. The fourth-order valence-corrected chi connectivity index (χ4v) is 3.42. The van der Waals surface area contributed by atoms with Gasteiger partial charge in [-0.1, -0.05) is 50.1 Å². The van der Waals surface area contributed by atoms with Crippen molar-refractivity contribution >= 4 is 48.5 Å². The van der Waals surface area contributed by atoms with Crippen LogP contribution >= 0.6 is 31.9 Å². The molecule has 0 aliphatic heterocycles. The smallest absolute Gasteiger partial charge is 0.195 e. The van der Waals surface area contributed by atoms with Crippen molar-refractivity contribution in [3.8, 4) is 0 Å². The highest BCUT2D eigenvalue weighted by Gasteiger charge is 2.14. The fourth-order valence-electron chi connectivity index (χ4n) is 2.13. The number of nitrogens with zero attached hydrogens (tertiary/aromatic N) is 1. The zero-order valence-electron chi connectivity index (χ0n) is 10.3. The summed E-state index contributed by atoms with van der Waals surface area (Å²) < 4.78 is 1.73. The molecule has 0 amide bonds. The Hall–Kier alpha value is -1.52. The largest absolute Gasteiger partial charge is 0.289 e. The maximum atomic E-state index is 12.7. The summed E-state index contributed by atoms with van der Waals surface area (Å²) in [7, 11) is 0. The lowest BCUT2D eigenvalue weighted by atomic mass is 10.0. The molecule has 0 bridgehead atoms. The Morgan fingerprint density at radius 1 is 0.950 bits per heavy atom. The Bertz CT molecular complexity index is 789. The SMILES string of the molecule is O=C(c1cc(Br)cc(Br)c1)c1cccc2cccnc12. The monoisotopic (exact) mass is 389 g/mol. The molecule has 2 aromatic carbocycles. The molecule has 0 atom stereocenters. The van der Waals surface area contributed by atoms with Gasteiger partial charge in [0.05, 0.1) is 5.52 Å². The third-order valence-electron chi connectivity index (χ3n) is 3.00. The number of halogens is 2. The number of rotatable bonds is 2. The van der Waals surface area contributed by atoms with Crippen molar-refractivity contribution in [2.45, 2.75) is 0 Å². The number of pyridine rings is 1. The van der Waals surface area contributed by atoms with Crippen molar-refractivity contribution in [2.24, 2.45) is 0 Å². The standard InChI is InChI=1S/C16H9Br2NO/c17-12-7-11(8-13(18)9-12)16(20)14-5-1-3-10-4-2-6-19-15(10)14/h1-9H. The van der Waals surface area contributed by atoms with Gasteiger partial charge in [-0.2, -0.15) is 0 Å². The molecule has 98 valence electrons. The number of benzene rings is 2. The van der Waals surface area contributed by atoms with E-state index in [1.54, 1.807) is 6.20 Å². The van der Waals surface area contributed by atoms with Gasteiger partial charge in [0.1, 0.15) is 0 Å². The molecule has 0 fully saturated rings. The second-order valence-corrected chi connectivity index (χ2v) is 6.20. The predicted molar refractivity (Wildman–Crippen MR) is 87.0 cm³/mol. The van der Waals surface area contributed by atoms with Gasteiger partial charge in [-0.05, 0) is 30.3 Å². The average Bonchev–Trinajstić information content (AvgIpc) is 2.45. The van der Waals surface area contributed by atoms with Gasteiger partial charge in [-0.25, -0.2) is 0 Å². The fraction of sp³-hybridized carbons (Fsp3) is 0.